The third-order valence-corrected chi connectivity index (χ3v) is 5.25. The second-order valence-electron chi connectivity index (χ2n) is 8.04. The molecule has 1 atom stereocenters. The molecule has 0 aromatic carbocycles. The molecule has 0 bridgehead atoms. The minimum absolute atomic E-state index is 0.303. The quantitative estimate of drug-likeness (QED) is 0.360. The van der Waals surface area contributed by atoms with Gasteiger partial charge in [-0.3, -0.25) is 0 Å². The average molecular weight is 281 g/mol. The third kappa shape index (κ3) is 4.11. The Morgan fingerprint density at radius 2 is 2.00 bits per heavy atom. The van der Waals surface area contributed by atoms with E-state index in [1.165, 1.54) is 45.2 Å². The van der Waals surface area contributed by atoms with Gasteiger partial charge in [0.25, 0.3) is 0 Å². The first-order valence-corrected chi connectivity index (χ1v) is 8.03. The van der Waals surface area contributed by atoms with Crippen LogP contribution in [-0.4, -0.2) is 35.6 Å². The predicted molar refractivity (Wildman–Crippen MR) is 82.9 cm³/mol. The molecule has 4 nitrogen and oxygen atoms in total. The summed E-state index contributed by atoms with van der Waals surface area (Å²) in [4.78, 5) is 2.61. The number of hydrogen-bond donors (Lipinski definition) is 2. The molecule has 0 radical (unpaired) electrons. The Kier molecular flexibility index (Phi) is 4.62. The molecule has 0 spiro atoms. The monoisotopic (exact) mass is 281 g/mol. The van der Waals surface area contributed by atoms with Gasteiger partial charge >= 0.3 is 0 Å². The van der Waals surface area contributed by atoms with E-state index in [1.54, 1.807) is 0 Å². The molecule has 4 heteroatoms. The average Bonchev–Trinajstić information content (AvgIpc) is 3.13. The van der Waals surface area contributed by atoms with Crippen LogP contribution in [0, 0.1) is 16.7 Å². The van der Waals surface area contributed by atoms with Crippen molar-refractivity contribution < 1.29 is 5.21 Å². The molecule has 0 aromatic heterocycles. The molecule has 20 heavy (non-hydrogen) atoms. The highest BCUT2D eigenvalue weighted by molar-refractivity contribution is 5.80. The van der Waals surface area contributed by atoms with Gasteiger partial charge in [0.05, 0.1) is 0 Å². The molecule has 2 aliphatic rings. The van der Waals surface area contributed by atoms with Crippen molar-refractivity contribution in [1.82, 2.24) is 4.90 Å². The molecule has 116 valence electrons. The van der Waals surface area contributed by atoms with Crippen molar-refractivity contribution in [3.63, 3.8) is 0 Å². The van der Waals surface area contributed by atoms with Crippen LogP contribution in [0.4, 0.5) is 0 Å². The number of oxime groups is 1. The van der Waals surface area contributed by atoms with Crippen LogP contribution in [0.3, 0.4) is 0 Å². The van der Waals surface area contributed by atoms with Gasteiger partial charge in [-0.2, -0.15) is 0 Å². The van der Waals surface area contributed by atoms with Crippen LogP contribution in [0.15, 0.2) is 5.16 Å². The first kappa shape index (κ1) is 15.6. The van der Waals surface area contributed by atoms with Crippen LogP contribution >= 0.6 is 0 Å². The van der Waals surface area contributed by atoms with Crippen molar-refractivity contribution in [3.8, 4) is 0 Å². The number of likely N-dealkylation sites (tertiary alicyclic amines) is 1. The molecule has 1 aliphatic heterocycles. The molecule has 1 saturated heterocycles. The first-order valence-electron chi connectivity index (χ1n) is 8.03. The van der Waals surface area contributed by atoms with Crippen molar-refractivity contribution in [2.75, 3.05) is 19.6 Å². The zero-order chi connectivity index (χ0) is 14.8. The number of rotatable bonds is 4. The Morgan fingerprint density at radius 3 is 2.55 bits per heavy atom. The number of nitrogens with zero attached hydrogens (tertiary/aromatic N) is 2. The molecule has 2 rings (SSSR count). The highest BCUT2D eigenvalue weighted by Crippen LogP contribution is 2.49. The van der Waals surface area contributed by atoms with Crippen molar-refractivity contribution >= 4 is 5.84 Å². The summed E-state index contributed by atoms with van der Waals surface area (Å²) in [6.45, 7) is 10.7. The van der Waals surface area contributed by atoms with Crippen LogP contribution in [-0.2, 0) is 0 Å². The standard InChI is InChI=1S/C16H31N3O/c1-15(2,3)13-5-4-9-19(10-6-13)12-16(7-8-16)11-14(17)18-20/h13,20H,4-12H2,1-3H3,(H2,17,18). The molecule has 1 unspecified atom stereocenters. The van der Waals surface area contributed by atoms with E-state index >= 15 is 0 Å². The van der Waals surface area contributed by atoms with Gasteiger partial charge in [-0.15, -0.1) is 0 Å². The molecule has 1 saturated carbocycles. The number of nitrogens with two attached hydrogens (primary N) is 1. The maximum atomic E-state index is 8.75. The van der Waals surface area contributed by atoms with Crippen LogP contribution in [0.25, 0.3) is 0 Å². The fourth-order valence-corrected chi connectivity index (χ4v) is 3.64. The highest BCUT2D eigenvalue weighted by atomic mass is 16.4. The highest BCUT2D eigenvalue weighted by Gasteiger charge is 2.44. The SMILES string of the molecule is CC(C)(C)C1CCCN(CC2(CC(N)=NO)CC2)CC1. The summed E-state index contributed by atoms with van der Waals surface area (Å²) in [5.74, 6) is 1.23. The topological polar surface area (TPSA) is 61.8 Å². The lowest BCUT2D eigenvalue weighted by atomic mass is 9.77. The molecule has 2 fully saturated rings. The molecule has 1 aliphatic carbocycles. The van der Waals surface area contributed by atoms with E-state index in [9.17, 15) is 0 Å². The van der Waals surface area contributed by atoms with Gasteiger partial charge in [-0.1, -0.05) is 25.9 Å². The normalized spacial score (nSPS) is 28.1. The smallest absolute Gasteiger partial charge is 0.139 e. The van der Waals surface area contributed by atoms with E-state index in [0.29, 0.717) is 16.7 Å². The van der Waals surface area contributed by atoms with Gasteiger partial charge in [-0.25, -0.2) is 0 Å². The Balaban J connectivity index is 1.86. The number of hydrogen-bond acceptors (Lipinski definition) is 3. The largest absolute Gasteiger partial charge is 0.409 e. The summed E-state index contributed by atoms with van der Waals surface area (Å²) in [6, 6.07) is 0. The first-order chi connectivity index (χ1) is 9.35. The van der Waals surface area contributed by atoms with E-state index in [4.69, 9.17) is 10.9 Å². The molecular formula is C16H31N3O. The van der Waals surface area contributed by atoms with Gasteiger partial charge < -0.3 is 15.8 Å². The summed E-state index contributed by atoms with van der Waals surface area (Å²) >= 11 is 0. The van der Waals surface area contributed by atoms with Gasteiger partial charge in [0, 0.05) is 13.0 Å². The second kappa shape index (κ2) is 5.92. The van der Waals surface area contributed by atoms with Crippen molar-refractivity contribution in [2.24, 2.45) is 27.6 Å². The maximum Gasteiger partial charge on any atom is 0.139 e. The van der Waals surface area contributed by atoms with Crippen LogP contribution < -0.4 is 5.73 Å². The molecule has 0 aromatic rings. The summed E-state index contributed by atoms with van der Waals surface area (Å²) < 4.78 is 0. The van der Waals surface area contributed by atoms with Crippen LogP contribution in [0.2, 0.25) is 0 Å². The van der Waals surface area contributed by atoms with E-state index < -0.39 is 0 Å². The van der Waals surface area contributed by atoms with E-state index in [2.05, 4.69) is 30.8 Å². The van der Waals surface area contributed by atoms with Crippen molar-refractivity contribution in [2.45, 2.75) is 59.3 Å². The zero-order valence-electron chi connectivity index (χ0n) is 13.4. The fourth-order valence-electron chi connectivity index (χ4n) is 3.64. The summed E-state index contributed by atoms with van der Waals surface area (Å²) in [6.07, 6.45) is 7.17. The Hall–Kier alpha value is -0.770. The van der Waals surface area contributed by atoms with Gasteiger partial charge in [0.1, 0.15) is 5.84 Å². The second-order valence-corrected chi connectivity index (χ2v) is 8.04. The van der Waals surface area contributed by atoms with Crippen LogP contribution in [0.5, 0.6) is 0 Å². The molecule has 3 N–H and O–H groups in total. The summed E-state index contributed by atoms with van der Waals surface area (Å²) in [5.41, 5.74) is 6.43. The lowest BCUT2D eigenvalue weighted by molar-refractivity contribution is 0.196. The lowest BCUT2D eigenvalue weighted by Crippen LogP contribution is -2.34. The van der Waals surface area contributed by atoms with Gasteiger partial charge in [0.15, 0.2) is 0 Å². The summed E-state index contributed by atoms with van der Waals surface area (Å²) in [5, 5.41) is 11.9. The zero-order valence-corrected chi connectivity index (χ0v) is 13.4. The van der Waals surface area contributed by atoms with Crippen molar-refractivity contribution in [3.05, 3.63) is 0 Å². The van der Waals surface area contributed by atoms with E-state index in [1.807, 2.05) is 0 Å². The van der Waals surface area contributed by atoms with Gasteiger partial charge in [0.2, 0.25) is 0 Å². The van der Waals surface area contributed by atoms with E-state index in [0.717, 1.165) is 18.9 Å². The van der Waals surface area contributed by atoms with Crippen LogP contribution in [0.1, 0.15) is 59.3 Å². The third-order valence-electron chi connectivity index (χ3n) is 5.25. The lowest BCUT2D eigenvalue weighted by Gasteiger charge is -2.30. The number of amidine groups is 1. The minimum atomic E-state index is 0.303. The predicted octanol–water partition coefficient (Wildman–Crippen LogP) is 3.05. The molecule has 1 heterocycles. The molecular weight excluding hydrogens is 250 g/mol. The fraction of sp³-hybridized carbons (Fsp3) is 0.938. The van der Waals surface area contributed by atoms with Crippen molar-refractivity contribution in [1.29, 1.82) is 0 Å². The minimum Gasteiger partial charge on any atom is -0.409 e. The molecule has 0 amide bonds. The Morgan fingerprint density at radius 1 is 1.30 bits per heavy atom. The summed E-state index contributed by atoms with van der Waals surface area (Å²) in [7, 11) is 0. The van der Waals surface area contributed by atoms with E-state index in [-0.39, 0.29) is 0 Å². The Bertz CT molecular complexity index is 355. The Labute approximate surface area is 123 Å². The van der Waals surface area contributed by atoms with Gasteiger partial charge in [-0.05, 0) is 61.9 Å². The maximum absolute atomic E-state index is 8.75.